The van der Waals surface area contributed by atoms with Crippen LogP contribution in [0.15, 0.2) is 303 Å². The molecule has 0 amide bonds. The lowest BCUT2D eigenvalue weighted by atomic mass is 9.82. The molecule has 0 spiro atoms. The van der Waals surface area contributed by atoms with Crippen LogP contribution in [0.1, 0.15) is 38.8 Å². The van der Waals surface area contributed by atoms with Gasteiger partial charge in [-0.3, -0.25) is 0 Å². The normalized spacial score (nSPS) is 11.6. The lowest BCUT2D eigenvalue weighted by molar-refractivity contribution is 0.650. The van der Waals surface area contributed by atoms with Gasteiger partial charge in [0.05, 0.1) is 11.4 Å². The van der Waals surface area contributed by atoms with Crippen LogP contribution < -0.4 is 9.80 Å². The first-order valence-electron chi connectivity index (χ1n) is 30.5. The van der Waals surface area contributed by atoms with E-state index in [1.807, 2.05) is 0 Å². The Morgan fingerprint density at radius 3 is 0.814 bits per heavy atom. The smallest absolute Gasteiger partial charge is 0.0540 e. The minimum absolute atomic E-state index is 0.474. The van der Waals surface area contributed by atoms with E-state index in [9.17, 15) is 0 Å². The lowest BCUT2D eigenvalue weighted by Crippen LogP contribution is -2.11. The quantitative estimate of drug-likeness (QED) is 0.0890. The zero-order valence-electron chi connectivity index (χ0n) is 49.3. The predicted octanol–water partition coefficient (Wildman–Crippen LogP) is 23.9. The summed E-state index contributed by atoms with van der Waals surface area (Å²) in [6.07, 6.45) is 1.96. The monoisotopic (exact) mass is 1100 g/mol. The number of hydrogen-bond acceptors (Lipinski definition) is 2. The standard InChI is InChI=1S/C84H68N2/c1-57(2)53-67-55-79(65-37-45-71(46-38-65)85(69-41-33-61(34-42-69)59-21-9-5-10-22-59)81-31-19-17-29-73(81)63-25-13-7-14-26-63)77-52-50-76-68(54-58(3)4)56-80(78-51-49-75(67)83(77)84(76)78)66-39-47-72(48-40-66)86(70-43-35-62(36-44-70)60-23-11-6-12-24-60)82-32-20-18-30-74(82)64-27-15-8-16-28-64/h5-52,55-58H,53-54H2,1-4H3. The number of rotatable bonds is 16. The zero-order valence-corrected chi connectivity index (χ0v) is 49.3. The van der Waals surface area contributed by atoms with Gasteiger partial charge in [-0.15, -0.1) is 0 Å². The highest BCUT2D eigenvalue weighted by Crippen LogP contribution is 2.49. The van der Waals surface area contributed by atoms with Crippen LogP contribution in [0.25, 0.3) is 99.1 Å². The van der Waals surface area contributed by atoms with Gasteiger partial charge in [0.1, 0.15) is 0 Å². The Balaban J connectivity index is 0.900. The van der Waals surface area contributed by atoms with Crippen LogP contribution in [0.5, 0.6) is 0 Å². The van der Waals surface area contributed by atoms with E-state index in [1.165, 1.54) is 110 Å². The van der Waals surface area contributed by atoms with Crippen molar-refractivity contribution >= 4 is 66.4 Å². The zero-order chi connectivity index (χ0) is 58.1. The fourth-order valence-electron chi connectivity index (χ4n) is 13.2. The third-order valence-corrected chi connectivity index (χ3v) is 17.1. The topological polar surface area (TPSA) is 6.48 Å². The van der Waals surface area contributed by atoms with Gasteiger partial charge in [-0.1, -0.05) is 258 Å². The molecule has 0 aliphatic carbocycles. The summed E-state index contributed by atoms with van der Waals surface area (Å²) in [7, 11) is 0. The van der Waals surface area contributed by atoms with Gasteiger partial charge in [-0.05, 0) is 197 Å². The Labute approximate surface area is 506 Å². The maximum absolute atomic E-state index is 2.51. The average Bonchev–Trinajstić information content (AvgIpc) is 0.754. The van der Waals surface area contributed by atoms with Crippen molar-refractivity contribution in [3.05, 3.63) is 314 Å². The Kier molecular flexibility index (Phi) is 14.6. The first-order valence-corrected chi connectivity index (χ1v) is 30.5. The lowest BCUT2D eigenvalue weighted by Gasteiger charge is -2.28. The van der Waals surface area contributed by atoms with Crippen LogP contribution in [0.2, 0.25) is 0 Å². The number of hydrogen-bond donors (Lipinski definition) is 0. The number of nitrogens with zero attached hydrogens (tertiary/aromatic N) is 2. The molecule has 14 rings (SSSR count). The van der Waals surface area contributed by atoms with Crippen LogP contribution in [0.3, 0.4) is 0 Å². The van der Waals surface area contributed by atoms with Crippen LogP contribution >= 0.6 is 0 Å². The van der Waals surface area contributed by atoms with Gasteiger partial charge >= 0.3 is 0 Å². The van der Waals surface area contributed by atoms with E-state index in [0.717, 1.165) is 47.0 Å². The fourth-order valence-corrected chi connectivity index (χ4v) is 13.2. The molecule has 2 nitrogen and oxygen atoms in total. The van der Waals surface area contributed by atoms with E-state index in [4.69, 9.17) is 0 Å². The second-order valence-corrected chi connectivity index (χ2v) is 23.8. The number of benzene rings is 14. The minimum atomic E-state index is 0.474. The van der Waals surface area contributed by atoms with Crippen molar-refractivity contribution < 1.29 is 0 Å². The highest BCUT2D eigenvalue weighted by Gasteiger charge is 2.24. The van der Waals surface area contributed by atoms with Gasteiger partial charge in [-0.2, -0.15) is 0 Å². The molecule has 14 aromatic rings. The SMILES string of the molecule is CC(C)Cc1cc(-c2ccc(N(c3ccc(-c4ccccc4)cc3)c3ccccc3-c3ccccc3)cc2)c2ccc3c(CC(C)C)cc(-c4ccc(N(c5ccc(-c6ccccc6)cc5)c5ccccc5-c5ccccc5)cc4)c4ccc1c2c34. The Morgan fingerprint density at radius 2 is 0.488 bits per heavy atom. The van der Waals surface area contributed by atoms with Crippen LogP contribution in [0, 0.1) is 11.8 Å². The molecule has 0 aliphatic rings. The molecule has 0 saturated carbocycles. The Morgan fingerprint density at radius 1 is 0.233 bits per heavy atom. The first-order chi connectivity index (χ1) is 42.3. The molecule has 0 bridgehead atoms. The third kappa shape index (κ3) is 10.4. The Hall–Kier alpha value is -10.3. The fraction of sp³-hybridized carbons (Fsp3) is 0.0952. The molecule has 414 valence electrons. The molecule has 2 heteroatoms. The highest BCUT2D eigenvalue weighted by molar-refractivity contribution is 6.29. The highest BCUT2D eigenvalue weighted by atomic mass is 15.1. The van der Waals surface area contributed by atoms with Crippen molar-refractivity contribution in [1.82, 2.24) is 0 Å². The summed E-state index contributed by atoms with van der Waals surface area (Å²) >= 11 is 0. The van der Waals surface area contributed by atoms with E-state index < -0.39 is 0 Å². The van der Waals surface area contributed by atoms with Gasteiger partial charge in [-0.25, -0.2) is 0 Å². The molecule has 14 aromatic carbocycles. The van der Waals surface area contributed by atoms with Crippen molar-refractivity contribution in [2.45, 2.75) is 40.5 Å². The summed E-state index contributed by atoms with van der Waals surface area (Å²) in [5, 5.41) is 8.00. The van der Waals surface area contributed by atoms with Crippen LogP contribution in [0.4, 0.5) is 34.1 Å². The van der Waals surface area contributed by atoms with E-state index in [2.05, 4.69) is 341 Å². The molecule has 0 saturated heterocycles. The molecule has 0 unspecified atom stereocenters. The van der Waals surface area contributed by atoms with Crippen molar-refractivity contribution in [2.75, 3.05) is 9.80 Å². The summed E-state index contributed by atoms with van der Waals surface area (Å²) in [6.45, 7) is 9.41. The largest absolute Gasteiger partial charge is 0.310 e. The van der Waals surface area contributed by atoms with Crippen LogP contribution in [-0.2, 0) is 12.8 Å². The maximum atomic E-state index is 2.51. The van der Waals surface area contributed by atoms with Crippen molar-refractivity contribution in [3.63, 3.8) is 0 Å². The molecule has 0 N–H and O–H groups in total. The second-order valence-electron chi connectivity index (χ2n) is 23.8. The van der Waals surface area contributed by atoms with Gasteiger partial charge in [0, 0.05) is 33.9 Å². The summed E-state index contributed by atoms with van der Waals surface area (Å²) in [4.78, 5) is 4.84. The number of anilines is 6. The van der Waals surface area contributed by atoms with Gasteiger partial charge in [0.2, 0.25) is 0 Å². The predicted molar refractivity (Wildman–Crippen MR) is 369 cm³/mol. The van der Waals surface area contributed by atoms with E-state index in [0.29, 0.717) is 11.8 Å². The number of para-hydroxylation sites is 2. The molecule has 0 heterocycles. The average molecular weight is 1110 g/mol. The Bertz CT molecular complexity index is 4330. The maximum Gasteiger partial charge on any atom is 0.0540 e. The molecular weight excluding hydrogens is 1040 g/mol. The molecule has 86 heavy (non-hydrogen) atoms. The first kappa shape index (κ1) is 53.7. The summed E-state index contributed by atoms with van der Waals surface area (Å²) in [6, 6.07) is 112. The molecular formula is C84H68N2. The van der Waals surface area contributed by atoms with Gasteiger partial charge in [0.25, 0.3) is 0 Å². The molecule has 0 radical (unpaired) electrons. The molecule has 0 aliphatic heterocycles. The summed E-state index contributed by atoms with van der Waals surface area (Å²) < 4.78 is 0. The molecule has 0 fully saturated rings. The van der Waals surface area contributed by atoms with Crippen molar-refractivity contribution in [1.29, 1.82) is 0 Å². The molecule has 0 atom stereocenters. The minimum Gasteiger partial charge on any atom is -0.310 e. The van der Waals surface area contributed by atoms with Crippen LogP contribution in [-0.4, -0.2) is 0 Å². The van der Waals surface area contributed by atoms with Gasteiger partial charge in [0.15, 0.2) is 0 Å². The van der Waals surface area contributed by atoms with E-state index >= 15 is 0 Å². The van der Waals surface area contributed by atoms with Crippen molar-refractivity contribution in [3.8, 4) is 66.8 Å². The van der Waals surface area contributed by atoms with E-state index in [-0.39, 0.29) is 0 Å². The van der Waals surface area contributed by atoms with Crippen molar-refractivity contribution in [2.24, 2.45) is 11.8 Å². The summed E-state index contributed by atoms with van der Waals surface area (Å²) in [5.41, 5.74) is 23.9. The molecule has 0 aromatic heterocycles. The van der Waals surface area contributed by atoms with E-state index in [1.54, 1.807) is 0 Å². The summed E-state index contributed by atoms with van der Waals surface area (Å²) in [5.74, 6) is 0.948. The second kappa shape index (κ2) is 23.4. The van der Waals surface area contributed by atoms with Gasteiger partial charge < -0.3 is 9.80 Å². The third-order valence-electron chi connectivity index (χ3n) is 17.1.